The Bertz CT molecular complexity index is 526. The van der Waals surface area contributed by atoms with Crippen molar-refractivity contribution < 1.29 is 13.5 Å². The topological polar surface area (TPSA) is 21.3 Å². The van der Waals surface area contributed by atoms with E-state index in [1.54, 1.807) is 23.5 Å². The molecule has 0 aliphatic heterocycles. The second-order valence-electron chi connectivity index (χ2n) is 3.59. The molecule has 0 aliphatic rings. The van der Waals surface area contributed by atoms with Crippen LogP contribution in [0.25, 0.3) is 0 Å². The molecule has 2 nitrogen and oxygen atoms in total. The van der Waals surface area contributed by atoms with Crippen LogP contribution in [0.3, 0.4) is 0 Å². The maximum Gasteiger partial charge on any atom is 0.387 e. The molecule has 0 atom stereocenters. The van der Waals surface area contributed by atoms with Gasteiger partial charge in [-0.1, -0.05) is 0 Å². The summed E-state index contributed by atoms with van der Waals surface area (Å²) in [6.45, 7) is -2.12. The molecule has 1 aromatic carbocycles. The lowest BCUT2D eigenvalue weighted by molar-refractivity contribution is -0.0498. The molecule has 0 unspecified atom stereocenters. The number of thiophene rings is 1. The standard InChI is InChI=1S/C12H9Br2F2NOS/c13-10-5-9(19-11(10)14)6-17-7-1-3-8(4-2-7)18-12(15)16/h1-5,12,17H,6H2. The van der Waals surface area contributed by atoms with Crippen molar-refractivity contribution in [2.75, 3.05) is 5.32 Å². The molecule has 102 valence electrons. The lowest BCUT2D eigenvalue weighted by Crippen LogP contribution is -2.02. The van der Waals surface area contributed by atoms with E-state index >= 15 is 0 Å². The smallest absolute Gasteiger partial charge is 0.387 e. The molecule has 0 bridgehead atoms. The third kappa shape index (κ3) is 4.43. The average Bonchev–Trinajstić information content (AvgIpc) is 2.67. The monoisotopic (exact) mass is 411 g/mol. The highest BCUT2D eigenvalue weighted by atomic mass is 79.9. The predicted molar refractivity (Wildman–Crippen MR) is 80.1 cm³/mol. The highest BCUT2D eigenvalue weighted by Gasteiger charge is 2.05. The van der Waals surface area contributed by atoms with Crippen molar-refractivity contribution in [2.24, 2.45) is 0 Å². The Labute approximate surface area is 130 Å². The van der Waals surface area contributed by atoms with E-state index in [2.05, 4.69) is 41.9 Å². The van der Waals surface area contributed by atoms with Crippen LogP contribution in [0.15, 0.2) is 38.6 Å². The van der Waals surface area contributed by atoms with Crippen LogP contribution in [-0.4, -0.2) is 6.61 Å². The van der Waals surface area contributed by atoms with Gasteiger partial charge in [0.15, 0.2) is 0 Å². The van der Waals surface area contributed by atoms with Crippen molar-refractivity contribution in [1.29, 1.82) is 0 Å². The van der Waals surface area contributed by atoms with E-state index < -0.39 is 6.61 Å². The largest absolute Gasteiger partial charge is 0.435 e. The maximum atomic E-state index is 12.0. The third-order valence-electron chi connectivity index (χ3n) is 2.24. The van der Waals surface area contributed by atoms with Crippen LogP contribution in [0.4, 0.5) is 14.5 Å². The first kappa shape index (κ1) is 14.7. The van der Waals surface area contributed by atoms with Gasteiger partial charge in [0.25, 0.3) is 0 Å². The molecule has 0 saturated carbocycles. The van der Waals surface area contributed by atoms with Gasteiger partial charge < -0.3 is 10.1 Å². The lowest BCUT2D eigenvalue weighted by Gasteiger charge is -2.07. The first-order valence-electron chi connectivity index (χ1n) is 5.27. The summed E-state index contributed by atoms with van der Waals surface area (Å²) in [5.74, 6) is 0.155. The number of hydrogen-bond acceptors (Lipinski definition) is 3. The molecule has 0 saturated heterocycles. The summed E-state index contributed by atoms with van der Waals surface area (Å²) in [4.78, 5) is 1.16. The minimum Gasteiger partial charge on any atom is -0.435 e. The van der Waals surface area contributed by atoms with Gasteiger partial charge in [-0.05, 0) is 62.2 Å². The SMILES string of the molecule is FC(F)Oc1ccc(NCc2cc(Br)c(Br)s2)cc1. The van der Waals surface area contributed by atoms with E-state index in [0.29, 0.717) is 6.54 Å². The molecule has 0 aliphatic carbocycles. The highest BCUT2D eigenvalue weighted by Crippen LogP contribution is 2.32. The van der Waals surface area contributed by atoms with Gasteiger partial charge >= 0.3 is 6.61 Å². The van der Waals surface area contributed by atoms with Crippen molar-refractivity contribution in [2.45, 2.75) is 13.2 Å². The average molecular weight is 413 g/mol. The summed E-state index contributed by atoms with van der Waals surface area (Å²) in [6, 6.07) is 8.45. The Morgan fingerprint density at radius 1 is 1.21 bits per heavy atom. The fourth-order valence-corrected chi connectivity index (χ4v) is 3.54. The van der Waals surface area contributed by atoms with E-state index in [-0.39, 0.29) is 5.75 Å². The summed E-state index contributed by atoms with van der Waals surface area (Å²) < 4.78 is 30.3. The predicted octanol–water partition coefficient (Wildman–Crippen LogP) is 5.49. The molecule has 19 heavy (non-hydrogen) atoms. The van der Waals surface area contributed by atoms with Gasteiger partial charge in [-0.25, -0.2) is 0 Å². The number of halogens is 4. The van der Waals surface area contributed by atoms with Crippen LogP contribution in [-0.2, 0) is 6.54 Å². The zero-order valence-corrected chi connectivity index (χ0v) is 13.5. The quantitative estimate of drug-likeness (QED) is 0.701. The lowest BCUT2D eigenvalue weighted by atomic mass is 10.3. The second-order valence-corrected chi connectivity index (χ2v) is 6.90. The minimum absolute atomic E-state index is 0.155. The van der Waals surface area contributed by atoms with Gasteiger partial charge in [-0.2, -0.15) is 8.78 Å². The van der Waals surface area contributed by atoms with E-state index in [9.17, 15) is 8.78 Å². The molecule has 2 aromatic rings. The van der Waals surface area contributed by atoms with E-state index in [0.717, 1.165) is 18.8 Å². The number of ether oxygens (including phenoxy) is 1. The minimum atomic E-state index is -2.79. The van der Waals surface area contributed by atoms with Crippen molar-refractivity contribution in [1.82, 2.24) is 0 Å². The fraction of sp³-hybridized carbons (Fsp3) is 0.167. The molecule has 0 radical (unpaired) electrons. The molecule has 7 heteroatoms. The Kier molecular flexibility index (Phi) is 5.18. The molecule has 1 aromatic heterocycles. The van der Waals surface area contributed by atoms with Crippen LogP contribution in [0, 0.1) is 0 Å². The van der Waals surface area contributed by atoms with Crippen LogP contribution in [0.2, 0.25) is 0 Å². The van der Waals surface area contributed by atoms with Gasteiger partial charge in [0.2, 0.25) is 0 Å². The van der Waals surface area contributed by atoms with Crippen molar-refractivity contribution in [3.63, 3.8) is 0 Å². The van der Waals surface area contributed by atoms with Crippen molar-refractivity contribution in [3.8, 4) is 5.75 Å². The van der Waals surface area contributed by atoms with Crippen LogP contribution in [0.5, 0.6) is 5.75 Å². The molecular weight excluding hydrogens is 404 g/mol. The Morgan fingerprint density at radius 2 is 1.89 bits per heavy atom. The first-order valence-corrected chi connectivity index (χ1v) is 7.67. The zero-order chi connectivity index (χ0) is 13.8. The van der Waals surface area contributed by atoms with Gasteiger partial charge in [0, 0.05) is 21.6 Å². The van der Waals surface area contributed by atoms with E-state index in [1.807, 2.05) is 6.07 Å². The van der Waals surface area contributed by atoms with Crippen LogP contribution in [0.1, 0.15) is 4.88 Å². The molecule has 2 rings (SSSR count). The molecule has 0 amide bonds. The third-order valence-corrected chi connectivity index (χ3v) is 5.50. The highest BCUT2D eigenvalue weighted by molar-refractivity contribution is 9.13. The molecule has 0 fully saturated rings. The number of rotatable bonds is 5. The van der Waals surface area contributed by atoms with Gasteiger partial charge in [-0.15, -0.1) is 11.3 Å². The second kappa shape index (κ2) is 6.67. The number of nitrogens with one attached hydrogen (secondary N) is 1. The first-order chi connectivity index (χ1) is 9.04. The number of anilines is 1. The van der Waals surface area contributed by atoms with Crippen molar-refractivity contribution in [3.05, 3.63) is 43.5 Å². The molecule has 1 heterocycles. The fourth-order valence-electron chi connectivity index (χ4n) is 1.42. The van der Waals surface area contributed by atoms with Gasteiger partial charge in [0.1, 0.15) is 5.75 Å². The molecule has 0 spiro atoms. The summed E-state index contributed by atoms with van der Waals surface area (Å²) in [5.41, 5.74) is 0.849. The number of hydrogen-bond donors (Lipinski definition) is 1. The van der Waals surface area contributed by atoms with Crippen molar-refractivity contribution >= 4 is 48.9 Å². The summed E-state index contributed by atoms with van der Waals surface area (Å²) in [5, 5.41) is 3.21. The number of alkyl halides is 2. The number of benzene rings is 1. The Hall–Kier alpha value is -0.660. The Balaban J connectivity index is 1.92. The summed E-state index contributed by atoms with van der Waals surface area (Å²) in [7, 11) is 0. The van der Waals surface area contributed by atoms with E-state index in [4.69, 9.17) is 0 Å². The van der Waals surface area contributed by atoms with Gasteiger partial charge in [-0.3, -0.25) is 0 Å². The van der Waals surface area contributed by atoms with Crippen LogP contribution < -0.4 is 10.1 Å². The van der Waals surface area contributed by atoms with E-state index in [1.165, 1.54) is 12.1 Å². The summed E-state index contributed by atoms with van der Waals surface area (Å²) in [6.07, 6.45) is 0. The maximum absolute atomic E-state index is 12.0. The van der Waals surface area contributed by atoms with Gasteiger partial charge in [0.05, 0.1) is 3.79 Å². The summed E-state index contributed by atoms with van der Waals surface area (Å²) >= 11 is 8.48. The molecular formula is C12H9Br2F2NOS. The zero-order valence-electron chi connectivity index (χ0n) is 9.50. The molecule has 1 N–H and O–H groups in total. The Morgan fingerprint density at radius 3 is 2.42 bits per heavy atom. The van der Waals surface area contributed by atoms with Crippen LogP contribution >= 0.6 is 43.2 Å². The normalized spacial score (nSPS) is 10.8.